The molecule has 0 aliphatic carbocycles. The van der Waals surface area contributed by atoms with Gasteiger partial charge in [0, 0.05) is 42.9 Å². The van der Waals surface area contributed by atoms with Crippen LogP contribution < -0.4 is 25.5 Å². The number of fused-ring (bicyclic) bond motifs is 2. The van der Waals surface area contributed by atoms with Crippen LogP contribution in [0.1, 0.15) is 43.0 Å². The van der Waals surface area contributed by atoms with Gasteiger partial charge in [-0.15, -0.1) is 5.10 Å². The number of aliphatic hydroxyl groups excluding tert-OH is 1. The van der Waals surface area contributed by atoms with Crippen LogP contribution in [0.15, 0.2) is 79.0 Å². The second-order valence-electron chi connectivity index (χ2n) is 14.6. The highest BCUT2D eigenvalue weighted by molar-refractivity contribution is 6.91. The molecule has 4 heterocycles. The summed E-state index contributed by atoms with van der Waals surface area (Å²) in [7, 11) is -0.616. The Kier molecular flexibility index (Phi) is 9.86. The lowest BCUT2D eigenvalue weighted by atomic mass is 9.82. The molecule has 0 bridgehead atoms. The van der Waals surface area contributed by atoms with E-state index >= 15 is 4.79 Å². The molecule has 5 atom stereocenters. The van der Waals surface area contributed by atoms with Crippen molar-refractivity contribution in [1.29, 1.82) is 0 Å². The monoisotopic (exact) mass is 708 g/mol. The van der Waals surface area contributed by atoms with Crippen LogP contribution >= 0.6 is 0 Å². The summed E-state index contributed by atoms with van der Waals surface area (Å²) in [4.78, 5) is 29.6. The number of para-hydroxylation sites is 1. The van der Waals surface area contributed by atoms with E-state index in [1.807, 2.05) is 70.4 Å². The first kappa shape index (κ1) is 35.1. The van der Waals surface area contributed by atoms with Crippen molar-refractivity contribution in [2.75, 3.05) is 30.5 Å². The molecule has 3 aliphatic heterocycles. The van der Waals surface area contributed by atoms with Crippen molar-refractivity contribution >= 4 is 36.4 Å². The number of nitrogens with zero attached hydrogens (tertiary/aromatic N) is 4. The minimum atomic E-state index is -2.29. The molecule has 3 N–H and O–H groups in total. The standard InChI is InChI=1S/C39H48N6O5Si/c1-26-36(51(3,4)31-17-15-30(49-2)16-18-31)35(19-22-44-25-29(20-23-46)42-43-44)50-39(26)32-8-5-6-10-34(32)45(38(39)48)24-27-11-13-28(14-12-27)41-37(47)33-9-7-21-40-33/h5-6,8,10-18,25-26,33,35-36,40,46H,7,9,19-24H2,1-4H3,(H,41,47)/t26-,33+,35+,36-,39+/m0/s1. The first-order chi connectivity index (χ1) is 24.6. The molecule has 1 spiro atoms. The summed E-state index contributed by atoms with van der Waals surface area (Å²) in [5, 5.41) is 25.5. The number of ether oxygens (including phenoxy) is 2. The Bertz CT molecular complexity index is 1860. The highest BCUT2D eigenvalue weighted by Gasteiger charge is 2.66. The number of methoxy groups -OCH3 is 1. The predicted molar refractivity (Wildman–Crippen MR) is 199 cm³/mol. The van der Waals surface area contributed by atoms with Crippen LogP contribution in [0.3, 0.4) is 0 Å². The maximum Gasteiger partial charge on any atom is 0.264 e. The molecule has 3 aromatic carbocycles. The van der Waals surface area contributed by atoms with Gasteiger partial charge in [0.2, 0.25) is 5.91 Å². The molecule has 0 radical (unpaired) electrons. The number of aryl methyl sites for hydroxylation is 1. The molecule has 2 amide bonds. The van der Waals surface area contributed by atoms with Crippen molar-refractivity contribution < 1.29 is 24.2 Å². The van der Waals surface area contributed by atoms with Crippen molar-refractivity contribution in [2.45, 2.75) is 82.1 Å². The van der Waals surface area contributed by atoms with E-state index in [-0.39, 0.29) is 42.0 Å². The van der Waals surface area contributed by atoms with Gasteiger partial charge in [-0.3, -0.25) is 14.3 Å². The number of carbonyl (C=O) groups is 2. The Morgan fingerprint density at radius 2 is 1.88 bits per heavy atom. The minimum Gasteiger partial charge on any atom is -0.497 e. The average Bonchev–Trinajstić information content (AvgIpc) is 3.94. The minimum absolute atomic E-state index is 0.0159. The Balaban J connectivity index is 1.19. The Morgan fingerprint density at radius 1 is 1.12 bits per heavy atom. The van der Waals surface area contributed by atoms with Gasteiger partial charge in [0.1, 0.15) is 5.75 Å². The number of carbonyl (C=O) groups excluding carboxylic acids is 2. The number of hydrogen-bond acceptors (Lipinski definition) is 8. The van der Waals surface area contributed by atoms with Gasteiger partial charge < -0.3 is 30.1 Å². The number of aromatic nitrogens is 3. The first-order valence-corrected chi connectivity index (χ1v) is 21.1. The molecule has 1 aromatic heterocycles. The Morgan fingerprint density at radius 3 is 2.59 bits per heavy atom. The molecule has 0 unspecified atom stereocenters. The first-order valence-electron chi connectivity index (χ1n) is 18.0. The summed E-state index contributed by atoms with van der Waals surface area (Å²) in [6.07, 6.45) is 4.62. The van der Waals surface area contributed by atoms with Crippen molar-refractivity contribution in [2.24, 2.45) is 5.92 Å². The van der Waals surface area contributed by atoms with Gasteiger partial charge in [0.15, 0.2) is 5.60 Å². The zero-order valence-electron chi connectivity index (χ0n) is 29.8. The molecule has 12 heteroatoms. The fraction of sp³-hybridized carbons (Fsp3) is 0.436. The second kappa shape index (κ2) is 14.3. The van der Waals surface area contributed by atoms with Gasteiger partial charge in [-0.1, -0.05) is 72.9 Å². The maximum absolute atomic E-state index is 15.0. The third kappa shape index (κ3) is 6.50. The molecular weight excluding hydrogens is 661 g/mol. The van der Waals surface area contributed by atoms with E-state index in [4.69, 9.17) is 9.47 Å². The van der Waals surface area contributed by atoms with Gasteiger partial charge >= 0.3 is 0 Å². The lowest BCUT2D eigenvalue weighted by molar-refractivity contribution is -0.146. The van der Waals surface area contributed by atoms with Gasteiger partial charge in [-0.2, -0.15) is 0 Å². The van der Waals surface area contributed by atoms with Crippen LogP contribution in [0.4, 0.5) is 11.4 Å². The summed E-state index contributed by atoms with van der Waals surface area (Å²) in [6.45, 7) is 8.81. The number of hydrogen-bond donors (Lipinski definition) is 3. The largest absolute Gasteiger partial charge is 0.497 e. The van der Waals surface area contributed by atoms with Crippen LogP contribution in [0.25, 0.3) is 0 Å². The summed E-state index contributed by atoms with van der Waals surface area (Å²) >= 11 is 0. The van der Waals surface area contributed by atoms with Crippen molar-refractivity contribution in [3.63, 3.8) is 0 Å². The van der Waals surface area contributed by atoms with Crippen molar-refractivity contribution in [1.82, 2.24) is 20.3 Å². The molecule has 51 heavy (non-hydrogen) atoms. The quantitative estimate of drug-likeness (QED) is 0.185. The fourth-order valence-corrected chi connectivity index (χ4v) is 12.7. The second-order valence-corrected chi connectivity index (χ2v) is 19.3. The zero-order chi connectivity index (χ0) is 35.8. The maximum atomic E-state index is 15.0. The Labute approximate surface area is 300 Å². The van der Waals surface area contributed by atoms with E-state index < -0.39 is 13.7 Å². The lowest BCUT2D eigenvalue weighted by Gasteiger charge is -2.37. The average molecular weight is 709 g/mol. The van der Waals surface area contributed by atoms with Gasteiger partial charge in [-0.25, -0.2) is 0 Å². The number of benzene rings is 3. The number of anilines is 2. The van der Waals surface area contributed by atoms with Crippen LogP contribution in [0.2, 0.25) is 18.6 Å². The van der Waals surface area contributed by atoms with E-state index in [2.05, 4.69) is 59.2 Å². The van der Waals surface area contributed by atoms with Gasteiger partial charge in [0.05, 0.1) is 45.3 Å². The fourth-order valence-electron chi connectivity index (χ4n) is 8.64. The van der Waals surface area contributed by atoms with Crippen LogP contribution in [0.5, 0.6) is 5.75 Å². The predicted octanol–water partition coefficient (Wildman–Crippen LogP) is 4.37. The SMILES string of the molecule is COc1ccc([Si](C)(C)[C@@H]2[C@@H](CCn3cc(CCO)nn3)O[C@]3(C(=O)N(Cc4ccc(NC(=O)[C@H]5CCCN5)cc4)c4ccccc43)[C@H]2C)cc1. The van der Waals surface area contributed by atoms with Crippen molar-refractivity contribution in [3.05, 3.63) is 95.8 Å². The molecule has 2 saturated heterocycles. The summed E-state index contributed by atoms with van der Waals surface area (Å²) < 4.78 is 14.5. The van der Waals surface area contributed by atoms with E-state index in [1.54, 1.807) is 7.11 Å². The van der Waals surface area contributed by atoms with E-state index in [9.17, 15) is 9.90 Å². The molecule has 0 saturated carbocycles. The number of amides is 2. The van der Waals surface area contributed by atoms with E-state index in [1.165, 1.54) is 5.19 Å². The third-order valence-corrected chi connectivity index (χ3v) is 15.6. The van der Waals surface area contributed by atoms with Crippen LogP contribution in [-0.4, -0.2) is 72.4 Å². The zero-order valence-corrected chi connectivity index (χ0v) is 30.8. The van der Waals surface area contributed by atoms with Crippen LogP contribution in [0, 0.1) is 5.92 Å². The molecule has 11 nitrogen and oxygen atoms in total. The molecule has 7 rings (SSSR count). The molecule has 268 valence electrons. The van der Waals surface area contributed by atoms with E-state index in [0.717, 1.165) is 53.3 Å². The van der Waals surface area contributed by atoms with Gasteiger partial charge in [-0.05, 0) is 67.2 Å². The normalized spacial score (nSPS) is 24.3. The number of rotatable bonds is 12. The summed E-state index contributed by atoms with van der Waals surface area (Å²) in [6, 6.07) is 24.1. The number of aliphatic hydroxyl groups is 1. The molecule has 2 fully saturated rings. The molecular formula is C39H48N6O5Si. The van der Waals surface area contributed by atoms with Gasteiger partial charge in [0.25, 0.3) is 5.91 Å². The van der Waals surface area contributed by atoms with E-state index in [0.29, 0.717) is 25.9 Å². The smallest absolute Gasteiger partial charge is 0.264 e. The lowest BCUT2D eigenvalue weighted by Crippen LogP contribution is -2.51. The topological polar surface area (TPSA) is 131 Å². The summed E-state index contributed by atoms with van der Waals surface area (Å²) in [5.41, 5.74) is 3.18. The summed E-state index contributed by atoms with van der Waals surface area (Å²) in [5.74, 6) is 0.637. The highest BCUT2D eigenvalue weighted by Crippen LogP contribution is 2.60. The molecule has 3 aliphatic rings. The van der Waals surface area contributed by atoms with Crippen LogP contribution in [-0.2, 0) is 39.4 Å². The number of nitrogens with one attached hydrogen (secondary N) is 2. The Hall–Kier alpha value is -4.36. The highest BCUT2D eigenvalue weighted by atomic mass is 28.3. The third-order valence-electron chi connectivity index (χ3n) is 11.3. The molecule has 4 aromatic rings. The van der Waals surface area contributed by atoms with Crippen molar-refractivity contribution in [3.8, 4) is 5.75 Å².